The van der Waals surface area contributed by atoms with Gasteiger partial charge in [0.25, 0.3) is 36.5 Å². The van der Waals surface area contributed by atoms with Crippen LogP contribution in [-0.2, 0) is 63.1 Å². The molecule has 342 valence electrons. The molecule has 3 aromatic carbocycles. The van der Waals surface area contributed by atoms with Crippen molar-refractivity contribution in [2.24, 2.45) is 0 Å². The van der Waals surface area contributed by atoms with Gasteiger partial charge in [0.05, 0.1) is 19.0 Å². The summed E-state index contributed by atoms with van der Waals surface area (Å²) in [7, 11) is -9.09. The van der Waals surface area contributed by atoms with Crippen molar-refractivity contribution >= 4 is 53.3 Å². The van der Waals surface area contributed by atoms with Crippen LogP contribution in [0.4, 0.5) is 0 Å². The second-order valence-electron chi connectivity index (χ2n) is 16.0. The second kappa shape index (κ2) is 21.0. The zero-order valence-corrected chi connectivity index (χ0v) is 40.3. The first-order valence-corrected chi connectivity index (χ1v) is 27.0. The first-order chi connectivity index (χ1) is 30.6. The lowest BCUT2D eigenvalue weighted by atomic mass is 10.0. The van der Waals surface area contributed by atoms with E-state index in [9.17, 15) is 25.3 Å². The molecule has 3 atom stereocenters. The van der Waals surface area contributed by atoms with Crippen molar-refractivity contribution in [3.8, 4) is 0 Å². The number of nitrogens with one attached hydrogen (secondary N) is 3. The van der Waals surface area contributed by atoms with E-state index in [1.165, 1.54) is 50.1 Å². The van der Waals surface area contributed by atoms with Crippen LogP contribution in [-0.4, -0.2) is 70.5 Å². The minimum atomic E-state index is -4.19. The van der Waals surface area contributed by atoms with Crippen molar-refractivity contribution in [1.82, 2.24) is 32.2 Å². The maximum absolute atomic E-state index is 14.1. The highest BCUT2D eigenvalue weighted by molar-refractivity contribution is 7.87. The standard InChI is InChI=1S/C44H55N8O7S5/c1-33-22-25-60-43(33)40(27-36-18-10-6-11-19-36)47-63(55,56)50(4)32-52-34(2)59-44(45-52)41(28-37-20-12-7-13-21-37)48-62(53,54)49(3)30-38-29-42(61-31-38)39(26-35-16-8-5-9-17-35)46-64(57,58)51-23-14-15-24-51/h5-13,16-22,25,29,31,39-41,46-48H,14-15,23-24,26-28,30,32H2,1-4H3/q+1. The van der Waals surface area contributed by atoms with Crippen LogP contribution in [0.3, 0.4) is 0 Å². The summed E-state index contributed by atoms with van der Waals surface area (Å²) >= 11 is 2.87. The van der Waals surface area contributed by atoms with Gasteiger partial charge in [0, 0.05) is 48.6 Å². The Labute approximate surface area is 385 Å². The van der Waals surface area contributed by atoms with Crippen LogP contribution >= 0.6 is 22.7 Å². The van der Waals surface area contributed by atoms with Crippen LogP contribution in [0, 0.1) is 13.8 Å². The van der Waals surface area contributed by atoms with Gasteiger partial charge in [0.2, 0.25) is 6.67 Å². The van der Waals surface area contributed by atoms with Crippen molar-refractivity contribution in [3.05, 3.63) is 163 Å². The Kier molecular flexibility index (Phi) is 15.7. The summed E-state index contributed by atoms with van der Waals surface area (Å²) in [5.41, 5.74) is 4.45. The molecule has 3 aromatic heterocycles. The van der Waals surface area contributed by atoms with Crippen LogP contribution in [0.2, 0.25) is 0 Å². The molecule has 20 heteroatoms. The summed E-state index contributed by atoms with van der Waals surface area (Å²) in [6.07, 6.45) is 2.69. The molecule has 0 aliphatic carbocycles. The molecule has 4 heterocycles. The normalized spacial score (nSPS) is 15.5. The molecule has 7 rings (SSSR count). The number of hydrogen-bond donors (Lipinski definition) is 3. The summed E-state index contributed by atoms with van der Waals surface area (Å²) in [5.74, 6) is 0.328. The Morgan fingerprint density at radius 3 is 1.78 bits per heavy atom. The predicted octanol–water partition coefficient (Wildman–Crippen LogP) is 5.87. The molecule has 0 radical (unpaired) electrons. The molecular formula is C44H55N8O7S5+. The van der Waals surface area contributed by atoms with E-state index in [2.05, 4.69) is 19.3 Å². The minimum absolute atomic E-state index is 0.00263. The molecule has 1 fully saturated rings. The second-order valence-corrected chi connectivity index (χ2v) is 23.2. The summed E-state index contributed by atoms with van der Waals surface area (Å²) < 4.78 is 103. The number of rotatable bonds is 22. The largest absolute Gasteiger partial charge is 0.384 e. The zero-order valence-electron chi connectivity index (χ0n) is 36.2. The number of thiophene rings is 2. The lowest BCUT2D eigenvalue weighted by Gasteiger charge is -2.22. The van der Waals surface area contributed by atoms with Crippen molar-refractivity contribution < 1.29 is 34.4 Å². The van der Waals surface area contributed by atoms with Gasteiger partial charge in [0.1, 0.15) is 6.04 Å². The fraction of sp³-hybridized carbons (Fsp3) is 0.364. The van der Waals surface area contributed by atoms with Crippen molar-refractivity contribution in [2.45, 2.75) is 77.3 Å². The van der Waals surface area contributed by atoms with E-state index in [-0.39, 0.29) is 31.4 Å². The molecule has 0 spiro atoms. The van der Waals surface area contributed by atoms with Crippen molar-refractivity contribution in [2.75, 3.05) is 27.2 Å². The van der Waals surface area contributed by atoms with E-state index in [1.54, 1.807) is 6.92 Å². The fourth-order valence-corrected chi connectivity index (χ4v) is 13.1. The van der Waals surface area contributed by atoms with Crippen LogP contribution in [0.25, 0.3) is 0 Å². The maximum Gasteiger partial charge on any atom is 0.372 e. The minimum Gasteiger partial charge on any atom is -0.384 e. The highest BCUT2D eigenvalue weighted by atomic mass is 32.2. The molecular weight excluding hydrogens is 913 g/mol. The molecule has 64 heavy (non-hydrogen) atoms. The average molecular weight is 968 g/mol. The molecule has 3 unspecified atom stereocenters. The highest BCUT2D eigenvalue weighted by Gasteiger charge is 2.35. The topological polar surface area (TPSA) is 178 Å². The molecule has 6 aromatic rings. The number of benzene rings is 3. The summed E-state index contributed by atoms with van der Waals surface area (Å²) in [6.45, 7) is 4.33. The van der Waals surface area contributed by atoms with Gasteiger partial charge in [-0.3, -0.25) is 0 Å². The first kappa shape index (κ1) is 47.8. The van der Waals surface area contributed by atoms with Gasteiger partial charge in [-0.05, 0) is 94.4 Å². The monoisotopic (exact) mass is 967 g/mol. The Morgan fingerprint density at radius 1 is 0.688 bits per heavy atom. The number of aryl methyl sites for hydroxylation is 2. The number of nitrogens with zero attached hydrogens (tertiary/aromatic N) is 5. The van der Waals surface area contributed by atoms with Gasteiger partial charge in [-0.2, -0.15) is 48.0 Å². The summed E-state index contributed by atoms with van der Waals surface area (Å²) in [5, 5.41) is 8.42. The Bertz CT molecular complexity index is 2780. The van der Waals surface area contributed by atoms with Crippen LogP contribution in [0.15, 0.2) is 118 Å². The van der Waals surface area contributed by atoms with Crippen molar-refractivity contribution in [1.29, 1.82) is 0 Å². The maximum atomic E-state index is 14.1. The molecule has 1 aliphatic rings. The van der Waals surface area contributed by atoms with Crippen LogP contribution < -0.4 is 18.8 Å². The molecule has 15 nitrogen and oxygen atoms in total. The average Bonchev–Trinajstić information content (AvgIpc) is 4.11. The molecule has 0 amide bonds. The summed E-state index contributed by atoms with van der Waals surface area (Å²) in [6, 6.07) is 30.4. The van der Waals surface area contributed by atoms with Gasteiger partial charge in [-0.1, -0.05) is 91.0 Å². The van der Waals surface area contributed by atoms with Crippen LogP contribution in [0.1, 0.15) is 80.3 Å². The SMILES string of the molecule is Cc1ccsc1C(Cc1ccccc1)NS(=O)(=O)N(C)C[n+]1nc(C(Cc2ccccc2)NS(=O)(=O)N(C)Cc2csc(C(Cc3ccccc3)NS(=O)(=O)N3CCCC3)c2)oc1C. The third-order valence-corrected chi connectivity index (χ3v) is 18.0. The molecule has 1 saturated heterocycles. The van der Waals surface area contributed by atoms with Crippen molar-refractivity contribution in [3.63, 3.8) is 0 Å². The Balaban J connectivity index is 1.07. The highest BCUT2D eigenvalue weighted by Crippen LogP contribution is 2.30. The van der Waals surface area contributed by atoms with E-state index in [0.29, 0.717) is 31.5 Å². The van der Waals surface area contributed by atoms with E-state index in [4.69, 9.17) is 4.42 Å². The first-order valence-electron chi connectivity index (χ1n) is 20.9. The summed E-state index contributed by atoms with van der Waals surface area (Å²) in [4.78, 5) is 1.68. The smallest absolute Gasteiger partial charge is 0.372 e. The quantitative estimate of drug-likeness (QED) is 0.0708. The molecule has 3 N–H and O–H groups in total. The van der Waals surface area contributed by atoms with Gasteiger partial charge in [0.15, 0.2) is 0 Å². The zero-order chi connectivity index (χ0) is 45.5. The number of aromatic nitrogens is 2. The molecule has 1 aliphatic heterocycles. The Hall–Kier alpha value is -4.19. The van der Waals surface area contributed by atoms with E-state index in [1.807, 2.05) is 121 Å². The van der Waals surface area contributed by atoms with Crippen LogP contribution in [0.5, 0.6) is 0 Å². The van der Waals surface area contributed by atoms with E-state index < -0.39 is 48.8 Å². The Morgan fingerprint density at radius 2 is 1.22 bits per heavy atom. The fourth-order valence-electron chi connectivity index (χ4n) is 7.53. The molecule has 0 saturated carbocycles. The lowest BCUT2D eigenvalue weighted by molar-refractivity contribution is -0.771. The van der Waals surface area contributed by atoms with E-state index in [0.717, 1.165) is 49.2 Å². The van der Waals surface area contributed by atoms with Gasteiger partial charge in [-0.25, -0.2) is 0 Å². The van der Waals surface area contributed by atoms with Gasteiger partial charge >= 0.3 is 5.89 Å². The number of hydrogen-bond acceptors (Lipinski definition) is 10. The molecule has 0 bridgehead atoms. The third-order valence-electron chi connectivity index (χ3n) is 11.1. The third kappa shape index (κ3) is 12.4. The predicted molar refractivity (Wildman–Crippen MR) is 250 cm³/mol. The lowest BCUT2D eigenvalue weighted by Crippen LogP contribution is -2.51. The van der Waals surface area contributed by atoms with Gasteiger partial charge in [-0.15, -0.1) is 27.0 Å². The van der Waals surface area contributed by atoms with Gasteiger partial charge < -0.3 is 4.42 Å². The van der Waals surface area contributed by atoms with E-state index >= 15 is 0 Å².